The second kappa shape index (κ2) is 8.40. The van der Waals surface area contributed by atoms with Crippen molar-refractivity contribution in [2.45, 2.75) is 63.2 Å². The van der Waals surface area contributed by atoms with Crippen LogP contribution in [0.4, 0.5) is 0 Å². The summed E-state index contributed by atoms with van der Waals surface area (Å²) in [6, 6.07) is -0.821. The molecule has 2 rings (SSSR count). The molecular formula is C13H24BO8P. The second-order valence-corrected chi connectivity index (χ2v) is 7.22. The van der Waals surface area contributed by atoms with Gasteiger partial charge >= 0.3 is 7.82 Å². The molecule has 132 valence electrons. The molecule has 0 spiro atoms. The van der Waals surface area contributed by atoms with E-state index in [-0.39, 0.29) is 18.8 Å². The maximum Gasteiger partial charge on any atom is 0.472 e. The fourth-order valence-electron chi connectivity index (χ4n) is 2.67. The highest BCUT2D eigenvalue weighted by atomic mass is 31.2. The number of phosphoric acid groups is 1. The van der Waals surface area contributed by atoms with Crippen molar-refractivity contribution in [3.63, 3.8) is 0 Å². The molecule has 8 nitrogen and oxygen atoms in total. The van der Waals surface area contributed by atoms with Crippen molar-refractivity contribution in [3.8, 4) is 0 Å². The predicted molar refractivity (Wildman–Crippen MR) is 81.1 cm³/mol. The molecule has 23 heavy (non-hydrogen) atoms. The van der Waals surface area contributed by atoms with Gasteiger partial charge in [-0.15, -0.1) is 0 Å². The Morgan fingerprint density at radius 3 is 2.65 bits per heavy atom. The zero-order valence-corrected chi connectivity index (χ0v) is 14.3. The highest BCUT2D eigenvalue weighted by molar-refractivity contribution is 7.47. The van der Waals surface area contributed by atoms with Crippen LogP contribution in [-0.4, -0.2) is 74.2 Å². The number of rotatable bonds is 8. The van der Waals surface area contributed by atoms with Crippen LogP contribution < -0.4 is 0 Å². The van der Waals surface area contributed by atoms with Gasteiger partial charge in [-0.3, -0.25) is 9.05 Å². The van der Waals surface area contributed by atoms with E-state index in [1.165, 1.54) is 0 Å². The number of hydrogen-bond acceptors (Lipinski definition) is 7. The van der Waals surface area contributed by atoms with E-state index in [0.29, 0.717) is 26.1 Å². The van der Waals surface area contributed by atoms with Crippen LogP contribution >= 0.6 is 7.82 Å². The van der Waals surface area contributed by atoms with Gasteiger partial charge in [-0.25, -0.2) is 4.57 Å². The molecule has 0 aliphatic carbocycles. The number of ether oxygens (including phenoxy) is 3. The van der Waals surface area contributed by atoms with Crippen LogP contribution in [-0.2, 0) is 27.8 Å². The first-order chi connectivity index (χ1) is 10.8. The van der Waals surface area contributed by atoms with Crippen LogP contribution in [0.15, 0.2) is 0 Å². The summed E-state index contributed by atoms with van der Waals surface area (Å²) in [5.41, 5.74) is 0. The molecule has 2 fully saturated rings. The van der Waals surface area contributed by atoms with Crippen molar-refractivity contribution in [3.05, 3.63) is 0 Å². The Balaban J connectivity index is 1.78. The molecule has 0 saturated carbocycles. The summed E-state index contributed by atoms with van der Waals surface area (Å²) in [5, 5.41) is 9.73. The molecule has 2 heterocycles. The lowest BCUT2D eigenvalue weighted by atomic mass is 9.94. The van der Waals surface area contributed by atoms with Crippen LogP contribution in [0.5, 0.6) is 0 Å². The van der Waals surface area contributed by atoms with Crippen LogP contribution in [0.1, 0.15) is 26.7 Å². The monoisotopic (exact) mass is 350 g/mol. The van der Waals surface area contributed by atoms with Crippen LogP contribution in [0.2, 0.25) is 0 Å². The van der Waals surface area contributed by atoms with E-state index in [4.69, 9.17) is 31.1 Å². The highest BCUT2D eigenvalue weighted by Gasteiger charge is 2.39. The second-order valence-electron chi connectivity index (χ2n) is 5.81. The molecular weight excluding hydrogens is 326 g/mol. The summed E-state index contributed by atoms with van der Waals surface area (Å²) in [6.07, 6.45) is -1.72. The molecule has 0 aromatic carbocycles. The average Bonchev–Trinajstić information content (AvgIpc) is 2.96. The van der Waals surface area contributed by atoms with Crippen molar-refractivity contribution in [1.29, 1.82) is 0 Å². The normalized spacial score (nSPS) is 40.3. The van der Waals surface area contributed by atoms with E-state index in [1.807, 2.05) is 13.8 Å². The summed E-state index contributed by atoms with van der Waals surface area (Å²) in [4.78, 5) is 9.80. The molecule has 0 bridgehead atoms. The van der Waals surface area contributed by atoms with Crippen LogP contribution in [0.25, 0.3) is 0 Å². The maximum absolute atomic E-state index is 12.0. The van der Waals surface area contributed by atoms with Gasteiger partial charge in [0, 0.05) is 25.5 Å². The standard InChI is InChI=1S/C13H24BO8P/c1-3-18-6-9-5-11(13(14)21-9)22-23(16,17)19-7-12-10(15)4-8(2)20-12/h8-13,15H,3-7H2,1-2H3,(H,16,17)/t8-,9-,10?,11?,12+,13+/m0/s1. The molecule has 7 atom stereocenters. The summed E-state index contributed by atoms with van der Waals surface area (Å²) in [6.45, 7) is 4.33. The Kier molecular flexibility index (Phi) is 7.07. The van der Waals surface area contributed by atoms with Crippen LogP contribution in [0.3, 0.4) is 0 Å². The fraction of sp³-hybridized carbons (Fsp3) is 1.00. The van der Waals surface area contributed by atoms with E-state index in [0.717, 1.165) is 0 Å². The summed E-state index contributed by atoms with van der Waals surface area (Å²) >= 11 is 0. The quantitative estimate of drug-likeness (QED) is 0.477. The van der Waals surface area contributed by atoms with Gasteiger partial charge < -0.3 is 24.2 Å². The highest BCUT2D eigenvalue weighted by Crippen LogP contribution is 2.47. The van der Waals surface area contributed by atoms with E-state index >= 15 is 0 Å². The smallest absolute Gasteiger partial charge is 0.390 e. The Bertz CT molecular complexity index is 425. The van der Waals surface area contributed by atoms with Gasteiger partial charge in [-0.1, -0.05) is 0 Å². The third-order valence-corrected chi connectivity index (χ3v) is 4.81. The van der Waals surface area contributed by atoms with Crippen molar-refractivity contribution in [2.75, 3.05) is 19.8 Å². The molecule has 2 N–H and O–H groups in total. The van der Waals surface area contributed by atoms with E-state index in [9.17, 15) is 14.6 Å². The molecule has 2 aliphatic rings. The summed E-state index contributed by atoms with van der Waals surface area (Å²) < 4.78 is 38.1. The number of phosphoric ester groups is 1. The zero-order valence-electron chi connectivity index (χ0n) is 13.4. The average molecular weight is 350 g/mol. The minimum absolute atomic E-state index is 0.117. The van der Waals surface area contributed by atoms with Gasteiger partial charge in [-0.05, 0) is 13.8 Å². The lowest BCUT2D eigenvalue weighted by molar-refractivity contribution is -0.0236. The van der Waals surface area contributed by atoms with Crippen molar-refractivity contribution in [1.82, 2.24) is 0 Å². The van der Waals surface area contributed by atoms with Gasteiger partial charge in [0.1, 0.15) is 14.0 Å². The minimum Gasteiger partial charge on any atom is -0.390 e. The Hall–Kier alpha value is 0.0149. The molecule has 2 radical (unpaired) electrons. The van der Waals surface area contributed by atoms with Crippen molar-refractivity contribution in [2.24, 2.45) is 0 Å². The topological polar surface area (TPSA) is 104 Å². The van der Waals surface area contributed by atoms with Crippen molar-refractivity contribution >= 4 is 15.7 Å². The Morgan fingerprint density at radius 2 is 2.04 bits per heavy atom. The summed E-state index contributed by atoms with van der Waals surface area (Å²) in [7, 11) is 1.43. The number of hydrogen-bond donors (Lipinski definition) is 2. The lowest BCUT2D eigenvalue weighted by Gasteiger charge is -2.21. The zero-order chi connectivity index (χ0) is 17.0. The molecule has 0 amide bonds. The molecule has 2 saturated heterocycles. The first-order valence-electron chi connectivity index (χ1n) is 7.78. The van der Waals surface area contributed by atoms with Gasteiger partial charge in [0.05, 0.1) is 37.6 Å². The summed E-state index contributed by atoms with van der Waals surface area (Å²) in [5.74, 6) is 0. The number of aliphatic hydroxyl groups excluding tert-OH is 1. The fourth-order valence-corrected chi connectivity index (χ4v) is 3.62. The molecule has 3 unspecified atom stereocenters. The molecule has 10 heteroatoms. The van der Waals surface area contributed by atoms with Gasteiger partial charge in [-0.2, -0.15) is 0 Å². The number of aliphatic hydroxyl groups is 1. The van der Waals surface area contributed by atoms with Crippen molar-refractivity contribution < 1.29 is 37.8 Å². The third-order valence-electron chi connectivity index (χ3n) is 3.80. The van der Waals surface area contributed by atoms with E-state index in [1.54, 1.807) is 0 Å². The molecule has 0 aromatic heterocycles. The molecule has 0 aromatic rings. The van der Waals surface area contributed by atoms with E-state index in [2.05, 4.69) is 0 Å². The van der Waals surface area contributed by atoms with Crippen LogP contribution in [0, 0.1) is 0 Å². The van der Waals surface area contributed by atoms with Gasteiger partial charge in [0.25, 0.3) is 0 Å². The first kappa shape index (κ1) is 19.3. The first-order valence-corrected chi connectivity index (χ1v) is 9.28. The SMILES string of the molecule is [B][C@@H]1O[C@H](COCC)CC1OP(=O)(O)OC[C@H]1O[C@@H](C)CC1O. The largest absolute Gasteiger partial charge is 0.472 e. The molecule has 2 aliphatic heterocycles. The maximum atomic E-state index is 12.0. The van der Waals surface area contributed by atoms with E-state index < -0.39 is 32.1 Å². The van der Waals surface area contributed by atoms with Gasteiger partial charge in [0.15, 0.2) is 0 Å². The van der Waals surface area contributed by atoms with Gasteiger partial charge in [0.2, 0.25) is 0 Å². The Morgan fingerprint density at radius 1 is 1.30 bits per heavy atom. The Labute approximate surface area is 137 Å². The predicted octanol–water partition coefficient (Wildman–Crippen LogP) is 0.347. The lowest BCUT2D eigenvalue weighted by Crippen LogP contribution is -2.27. The minimum atomic E-state index is -4.32. The third kappa shape index (κ3) is 5.79.